The van der Waals surface area contributed by atoms with Crippen molar-refractivity contribution in [3.8, 4) is 0 Å². The summed E-state index contributed by atoms with van der Waals surface area (Å²) >= 11 is 1.38. The highest BCUT2D eigenvalue weighted by Gasteiger charge is 2.22. The number of ether oxygens (including phenoxy) is 1. The minimum absolute atomic E-state index is 0.0314. The summed E-state index contributed by atoms with van der Waals surface area (Å²) in [4.78, 5) is 23.0. The predicted octanol–water partition coefficient (Wildman–Crippen LogP) is 0.667. The molecule has 0 saturated heterocycles. The number of amides is 1. The third kappa shape index (κ3) is 4.86. The Morgan fingerprint density at radius 2 is 2.06 bits per heavy atom. The number of methoxy groups -OCH3 is 1. The van der Waals surface area contributed by atoms with Crippen molar-refractivity contribution in [2.45, 2.75) is 49.9 Å². The topological polar surface area (TPSA) is 81.4 Å². The van der Waals surface area contributed by atoms with Crippen LogP contribution in [0.1, 0.15) is 32.6 Å². The van der Waals surface area contributed by atoms with Gasteiger partial charge in [0.1, 0.15) is 6.04 Å². The Morgan fingerprint density at radius 1 is 1.44 bits per heavy atom. The molecule has 2 atom stereocenters. The molecule has 0 aromatic carbocycles. The van der Waals surface area contributed by atoms with Crippen LogP contribution < -0.4 is 11.1 Å². The van der Waals surface area contributed by atoms with E-state index in [4.69, 9.17) is 5.73 Å². The molecule has 18 heavy (non-hydrogen) atoms. The molecular weight excluding hydrogens is 252 g/mol. The fourth-order valence-corrected chi connectivity index (χ4v) is 2.78. The van der Waals surface area contributed by atoms with Crippen molar-refractivity contribution in [2.75, 3.05) is 12.9 Å². The van der Waals surface area contributed by atoms with Crippen molar-refractivity contribution in [1.29, 1.82) is 0 Å². The second-order valence-corrected chi connectivity index (χ2v) is 5.97. The Balaban J connectivity index is 2.24. The Kier molecular flexibility index (Phi) is 6.49. The third-order valence-electron chi connectivity index (χ3n) is 3.10. The Hall–Kier alpha value is -0.750. The Bertz CT molecular complexity index is 293. The molecule has 2 unspecified atom stereocenters. The first-order valence-corrected chi connectivity index (χ1v) is 7.35. The first-order valence-electron chi connectivity index (χ1n) is 6.30. The van der Waals surface area contributed by atoms with Crippen LogP contribution in [-0.4, -0.2) is 42.1 Å². The number of nitrogens with two attached hydrogens (primary N) is 1. The molecule has 1 aliphatic carbocycles. The van der Waals surface area contributed by atoms with Gasteiger partial charge in [0.25, 0.3) is 0 Å². The van der Waals surface area contributed by atoms with Crippen LogP contribution in [0.5, 0.6) is 0 Å². The van der Waals surface area contributed by atoms with Crippen LogP contribution in [0.4, 0.5) is 0 Å². The highest BCUT2D eigenvalue weighted by molar-refractivity contribution is 8.00. The number of hydrogen-bond acceptors (Lipinski definition) is 5. The van der Waals surface area contributed by atoms with Crippen molar-refractivity contribution in [3.63, 3.8) is 0 Å². The van der Waals surface area contributed by atoms with E-state index in [0.29, 0.717) is 11.8 Å². The van der Waals surface area contributed by atoms with Crippen LogP contribution in [0.3, 0.4) is 0 Å². The van der Waals surface area contributed by atoms with Gasteiger partial charge in [-0.2, -0.15) is 0 Å². The molecule has 0 bridgehead atoms. The van der Waals surface area contributed by atoms with Gasteiger partial charge in [-0.1, -0.05) is 12.8 Å². The summed E-state index contributed by atoms with van der Waals surface area (Å²) in [6.07, 6.45) is 4.54. The molecule has 1 amide bonds. The van der Waals surface area contributed by atoms with E-state index < -0.39 is 12.0 Å². The molecule has 5 nitrogen and oxygen atoms in total. The zero-order valence-electron chi connectivity index (χ0n) is 11.0. The number of carbonyl (C=O) groups is 2. The molecule has 6 heteroatoms. The van der Waals surface area contributed by atoms with E-state index in [9.17, 15) is 9.59 Å². The molecule has 0 radical (unpaired) electrons. The van der Waals surface area contributed by atoms with Gasteiger partial charge in [0, 0.05) is 11.8 Å². The lowest BCUT2D eigenvalue weighted by atomic mass is 10.2. The summed E-state index contributed by atoms with van der Waals surface area (Å²) in [5, 5.41) is 2.84. The maximum atomic E-state index is 11.9. The average Bonchev–Trinajstić information content (AvgIpc) is 2.87. The van der Waals surface area contributed by atoms with Gasteiger partial charge in [-0.15, -0.1) is 11.8 Å². The van der Waals surface area contributed by atoms with Crippen LogP contribution in [-0.2, 0) is 14.3 Å². The van der Waals surface area contributed by atoms with E-state index in [0.717, 1.165) is 12.8 Å². The number of carbonyl (C=O) groups excluding carboxylic acids is 2. The molecule has 0 spiro atoms. The lowest BCUT2D eigenvalue weighted by Crippen LogP contribution is -2.39. The summed E-state index contributed by atoms with van der Waals surface area (Å²) < 4.78 is 4.53. The highest BCUT2D eigenvalue weighted by atomic mass is 32.2. The van der Waals surface area contributed by atoms with Gasteiger partial charge in [-0.05, 0) is 19.8 Å². The van der Waals surface area contributed by atoms with Gasteiger partial charge >= 0.3 is 5.97 Å². The highest BCUT2D eigenvalue weighted by Crippen LogP contribution is 2.19. The van der Waals surface area contributed by atoms with Gasteiger partial charge in [0.2, 0.25) is 5.91 Å². The lowest BCUT2D eigenvalue weighted by Gasteiger charge is -2.17. The van der Waals surface area contributed by atoms with Crippen molar-refractivity contribution in [2.24, 2.45) is 5.73 Å². The third-order valence-corrected chi connectivity index (χ3v) is 4.37. The maximum absolute atomic E-state index is 11.9. The zero-order chi connectivity index (χ0) is 13.5. The van der Waals surface area contributed by atoms with E-state index in [-0.39, 0.29) is 11.2 Å². The van der Waals surface area contributed by atoms with Gasteiger partial charge in [0.05, 0.1) is 12.4 Å². The van der Waals surface area contributed by atoms with Gasteiger partial charge in [-0.3, -0.25) is 9.59 Å². The van der Waals surface area contributed by atoms with Crippen LogP contribution in [0.2, 0.25) is 0 Å². The average molecular weight is 274 g/mol. The predicted molar refractivity (Wildman–Crippen MR) is 72.3 cm³/mol. The second-order valence-electron chi connectivity index (χ2n) is 4.60. The lowest BCUT2D eigenvalue weighted by molar-refractivity contribution is -0.141. The van der Waals surface area contributed by atoms with Crippen molar-refractivity contribution < 1.29 is 14.3 Å². The fraction of sp³-hybridized carbons (Fsp3) is 0.833. The minimum Gasteiger partial charge on any atom is -0.468 e. The molecule has 1 saturated carbocycles. The SMILES string of the molecule is COC(=O)C(N)CSC(C)C(=O)NC1CCCC1. The zero-order valence-corrected chi connectivity index (χ0v) is 11.8. The summed E-state index contributed by atoms with van der Waals surface area (Å²) in [7, 11) is 1.31. The summed E-state index contributed by atoms with van der Waals surface area (Å²) in [6.45, 7) is 1.83. The molecule has 0 aromatic heterocycles. The summed E-state index contributed by atoms with van der Waals surface area (Å²) in [5.74, 6) is -0.0128. The molecule has 3 N–H and O–H groups in total. The fourth-order valence-electron chi connectivity index (χ4n) is 1.93. The minimum atomic E-state index is -0.665. The number of hydrogen-bond donors (Lipinski definition) is 2. The number of rotatable bonds is 6. The van der Waals surface area contributed by atoms with Gasteiger partial charge < -0.3 is 15.8 Å². The van der Waals surface area contributed by atoms with Gasteiger partial charge in [0.15, 0.2) is 0 Å². The first-order chi connectivity index (χ1) is 8.54. The van der Waals surface area contributed by atoms with Crippen molar-refractivity contribution >= 4 is 23.6 Å². The molecule has 1 fully saturated rings. The molecule has 104 valence electrons. The Labute approximate surface area is 112 Å². The summed E-state index contributed by atoms with van der Waals surface area (Å²) in [6, 6.07) is -0.337. The normalized spacial score (nSPS) is 19.3. The molecule has 1 rings (SSSR count). The van der Waals surface area contributed by atoms with E-state index in [1.54, 1.807) is 0 Å². The monoisotopic (exact) mass is 274 g/mol. The second kappa shape index (κ2) is 7.63. The molecule has 0 aliphatic heterocycles. The molecule has 0 heterocycles. The smallest absolute Gasteiger partial charge is 0.323 e. The van der Waals surface area contributed by atoms with Crippen LogP contribution in [0.15, 0.2) is 0 Å². The molecule has 0 aromatic rings. The summed E-state index contributed by atoms with van der Waals surface area (Å²) in [5.41, 5.74) is 5.61. The van der Waals surface area contributed by atoms with Crippen LogP contribution >= 0.6 is 11.8 Å². The van der Waals surface area contributed by atoms with E-state index in [1.807, 2.05) is 6.92 Å². The molecule has 1 aliphatic rings. The number of esters is 1. The van der Waals surface area contributed by atoms with E-state index in [1.165, 1.54) is 31.7 Å². The van der Waals surface area contributed by atoms with E-state index >= 15 is 0 Å². The van der Waals surface area contributed by atoms with Crippen molar-refractivity contribution in [3.05, 3.63) is 0 Å². The standard InChI is InChI=1S/C12H22N2O3S/c1-8(18-7-10(13)12(16)17-2)11(15)14-9-5-3-4-6-9/h8-10H,3-7,13H2,1-2H3,(H,14,15). The van der Waals surface area contributed by atoms with Crippen LogP contribution in [0.25, 0.3) is 0 Å². The van der Waals surface area contributed by atoms with E-state index in [2.05, 4.69) is 10.1 Å². The van der Waals surface area contributed by atoms with Crippen LogP contribution in [0, 0.1) is 0 Å². The van der Waals surface area contributed by atoms with Crippen molar-refractivity contribution in [1.82, 2.24) is 5.32 Å². The molecular formula is C12H22N2O3S. The quantitative estimate of drug-likeness (QED) is 0.696. The Morgan fingerprint density at radius 3 is 2.61 bits per heavy atom. The largest absolute Gasteiger partial charge is 0.468 e. The maximum Gasteiger partial charge on any atom is 0.323 e. The number of nitrogens with one attached hydrogen (secondary N) is 1. The van der Waals surface area contributed by atoms with Gasteiger partial charge in [-0.25, -0.2) is 0 Å². The first kappa shape index (κ1) is 15.3. The number of thioether (sulfide) groups is 1.